The van der Waals surface area contributed by atoms with Crippen LogP contribution >= 0.6 is 11.6 Å². The standard InChI is InChI=1S/C12H19ClN4/c1-9-4-2-3-7-17(9)8-11-10(13)5-6-12(15-11)16-14/h5-6,9H,2-4,7-8,14H2,1H3,(H,15,16). The average Bonchev–Trinajstić information content (AvgIpc) is 2.35. The number of nitrogen functional groups attached to an aromatic ring is 1. The Morgan fingerprint density at radius 1 is 1.53 bits per heavy atom. The van der Waals surface area contributed by atoms with E-state index in [1.165, 1.54) is 19.3 Å². The summed E-state index contributed by atoms with van der Waals surface area (Å²) in [6.07, 6.45) is 3.84. The monoisotopic (exact) mass is 254 g/mol. The van der Waals surface area contributed by atoms with E-state index in [1.807, 2.05) is 6.07 Å². The van der Waals surface area contributed by atoms with Crippen molar-refractivity contribution in [2.75, 3.05) is 12.0 Å². The molecule has 4 nitrogen and oxygen atoms in total. The maximum Gasteiger partial charge on any atom is 0.140 e. The molecule has 1 aromatic rings. The van der Waals surface area contributed by atoms with Gasteiger partial charge in [0.05, 0.1) is 10.7 Å². The van der Waals surface area contributed by atoms with Crippen molar-refractivity contribution < 1.29 is 0 Å². The van der Waals surface area contributed by atoms with Crippen LogP contribution in [0.1, 0.15) is 31.9 Å². The highest BCUT2D eigenvalue weighted by atomic mass is 35.5. The van der Waals surface area contributed by atoms with Gasteiger partial charge in [0.1, 0.15) is 5.82 Å². The summed E-state index contributed by atoms with van der Waals surface area (Å²) in [6, 6.07) is 4.23. The van der Waals surface area contributed by atoms with Crippen molar-refractivity contribution in [3.63, 3.8) is 0 Å². The van der Waals surface area contributed by atoms with E-state index in [2.05, 4.69) is 22.2 Å². The number of nitrogens with zero attached hydrogens (tertiary/aromatic N) is 2. The van der Waals surface area contributed by atoms with Gasteiger partial charge >= 0.3 is 0 Å². The normalized spacial score (nSPS) is 21.5. The number of nitrogens with two attached hydrogens (primary N) is 1. The number of rotatable bonds is 3. The fourth-order valence-electron chi connectivity index (χ4n) is 2.26. The molecule has 0 aromatic carbocycles. The highest BCUT2D eigenvalue weighted by Crippen LogP contribution is 2.22. The first kappa shape index (κ1) is 12.6. The third-order valence-corrected chi connectivity index (χ3v) is 3.70. The fourth-order valence-corrected chi connectivity index (χ4v) is 2.43. The van der Waals surface area contributed by atoms with Gasteiger partial charge in [-0.05, 0) is 38.4 Å². The molecule has 1 aliphatic rings. The van der Waals surface area contributed by atoms with Crippen LogP contribution < -0.4 is 11.3 Å². The molecule has 1 saturated heterocycles. The van der Waals surface area contributed by atoms with Crippen molar-refractivity contribution in [1.29, 1.82) is 0 Å². The van der Waals surface area contributed by atoms with Gasteiger partial charge in [0.25, 0.3) is 0 Å². The van der Waals surface area contributed by atoms with Crippen molar-refractivity contribution >= 4 is 17.4 Å². The second-order valence-electron chi connectivity index (χ2n) is 4.58. The molecule has 0 aliphatic carbocycles. The van der Waals surface area contributed by atoms with Crippen LogP contribution in [0.15, 0.2) is 12.1 Å². The highest BCUT2D eigenvalue weighted by molar-refractivity contribution is 6.31. The zero-order valence-corrected chi connectivity index (χ0v) is 10.9. The number of pyridine rings is 1. The molecule has 0 spiro atoms. The van der Waals surface area contributed by atoms with Crippen LogP contribution in [0.25, 0.3) is 0 Å². The summed E-state index contributed by atoms with van der Waals surface area (Å²) in [7, 11) is 0. The number of likely N-dealkylation sites (tertiary alicyclic amines) is 1. The Morgan fingerprint density at radius 2 is 2.35 bits per heavy atom. The van der Waals surface area contributed by atoms with E-state index >= 15 is 0 Å². The fraction of sp³-hybridized carbons (Fsp3) is 0.583. The van der Waals surface area contributed by atoms with Crippen molar-refractivity contribution in [1.82, 2.24) is 9.88 Å². The van der Waals surface area contributed by atoms with Gasteiger partial charge in [-0.1, -0.05) is 18.0 Å². The molecule has 1 aliphatic heterocycles. The van der Waals surface area contributed by atoms with E-state index < -0.39 is 0 Å². The summed E-state index contributed by atoms with van der Waals surface area (Å²) in [4.78, 5) is 6.84. The molecule has 3 N–H and O–H groups in total. The van der Waals surface area contributed by atoms with E-state index in [-0.39, 0.29) is 0 Å². The zero-order valence-electron chi connectivity index (χ0n) is 10.1. The SMILES string of the molecule is CC1CCCCN1Cc1nc(NN)ccc1Cl. The lowest BCUT2D eigenvalue weighted by molar-refractivity contribution is 0.151. The van der Waals surface area contributed by atoms with Crippen LogP contribution in [0.3, 0.4) is 0 Å². The molecule has 5 heteroatoms. The highest BCUT2D eigenvalue weighted by Gasteiger charge is 2.19. The molecule has 2 heterocycles. The van der Waals surface area contributed by atoms with Gasteiger partial charge in [-0.15, -0.1) is 0 Å². The largest absolute Gasteiger partial charge is 0.308 e. The summed E-state index contributed by atoms with van der Waals surface area (Å²) in [5.74, 6) is 6.02. The molecule has 1 aromatic heterocycles. The number of hydrazine groups is 1. The van der Waals surface area contributed by atoms with Crippen LogP contribution in [0, 0.1) is 0 Å². The van der Waals surface area contributed by atoms with E-state index in [0.29, 0.717) is 16.9 Å². The molecule has 0 saturated carbocycles. The van der Waals surface area contributed by atoms with E-state index in [9.17, 15) is 0 Å². The van der Waals surface area contributed by atoms with Crippen LogP contribution in [-0.4, -0.2) is 22.5 Å². The topological polar surface area (TPSA) is 54.2 Å². The average molecular weight is 255 g/mol. The van der Waals surface area contributed by atoms with Gasteiger partial charge in [-0.2, -0.15) is 0 Å². The number of hydrogen-bond donors (Lipinski definition) is 2. The molecule has 1 unspecified atom stereocenters. The molecule has 0 bridgehead atoms. The minimum absolute atomic E-state index is 0.608. The van der Waals surface area contributed by atoms with Crippen LogP contribution in [-0.2, 0) is 6.54 Å². The predicted molar refractivity (Wildman–Crippen MR) is 70.8 cm³/mol. The van der Waals surface area contributed by atoms with Gasteiger partial charge < -0.3 is 5.43 Å². The quantitative estimate of drug-likeness (QED) is 0.643. The summed E-state index contributed by atoms with van der Waals surface area (Å²) >= 11 is 6.16. The lowest BCUT2D eigenvalue weighted by atomic mass is 10.0. The van der Waals surface area contributed by atoms with Gasteiger partial charge in [-0.25, -0.2) is 10.8 Å². The third kappa shape index (κ3) is 3.09. The molecule has 1 atom stereocenters. The Morgan fingerprint density at radius 3 is 3.06 bits per heavy atom. The summed E-state index contributed by atoms with van der Waals surface area (Å²) in [6.45, 7) is 4.19. The summed E-state index contributed by atoms with van der Waals surface area (Å²) in [5, 5.41) is 0.710. The molecule has 1 fully saturated rings. The van der Waals surface area contributed by atoms with E-state index in [4.69, 9.17) is 17.4 Å². The van der Waals surface area contributed by atoms with Crippen molar-refractivity contribution in [3.8, 4) is 0 Å². The molecule has 94 valence electrons. The molecule has 0 radical (unpaired) electrons. The van der Waals surface area contributed by atoms with Crippen molar-refractivity contribution in [2.24, 2.45) is 5.84 Å². The zero-order chi connectivity index (χ0) is 12.3. The minimum atomic E-state index is 0.608. The van der Waals surface area contributed by atoms with Gasteiger partial charge in [0.2, 0.25) is 0 Å². The third-order valence-electron chi connectivity index (χ3n) is 3.36. The van der Waals surface area contributed by atoms with Crippen LogP contribution in [0.2, 0.25) is 5.02 Å². The Kier molecular flexibility index (Phi) is 4.20. The molecule has 2 rings (SSSR count). The van der Waals surface area contributed by atoms with Crippen LogP contribution in [0.5, 0.6) is 0 Å². The minimum Gasteiger partial charge on any atom is -0.308 e. The second kappa shape index (κ2) is 5.67. The predicted octanol–water partition coefficient (Wildman–Crippen LogP) is 2.39. The number of halogens is 1. The summed E-state index contributed by atoms with van der Waals surface area (Å²) < 4.78 is 0. The Hall–Kier alpha value is -0.840. The lowest BCUT2D eigenvalue weighted by Crippen LogP contribution is -2.37. The van der Waals surface area contributed by atoms with E-state index in [0.717, 1.165) is 18.8 Å². The molecular weight excluding hydrogens is 236 g/mol. The summed E-state index contributed by atoms with van der Waals surface area (Å²) in [5.41, 5.74) is 3.45. The maximum absolute atomic E-state index is 6.16. The van der Waals surface area contributed by atoms with Crippen LogP contribution in [0.4, 0.5) is 5.82 Å². The first-order valence-electron chi connectivity index (χ1n) is 6.07. The van der Waals surface area contributed by atoms with Crippen molar-refractivity contribution in [3.05, 3.63) is 22.8 Å². The lowest BCUT2D eigenvalue weighted by Gasteiger charge is -2.33. The van der Waals surface area contributed by atoms with Crippen molar-refractivity contribution in [2.45, 2.75) is 38.8 Å². The van der Waals surface area contributed by atoms with Gasteiger partial charge in [-0.3, -0.25) is 4.90 Å². The van der Waals surface area contributed by atoms with E-state index in [1.54, 1.807) is 6.07 Å². The number of aromatic nitrogens is 1. The number of hydrogen-bond acceptors (Lipinski definition) is 4. The smallest absolute Gasteiger partial charge is 0.140 e. The number of nitrogens with one attached hydrogen (secondary N) is 1. The Labute approximate surface area is 107 Å². The maximum atomic E-state index is 6.16. The first-order valence-corrected chi connectivity index (χ1v) is 6.44. The number of piperidine rings is 1. The second-order valence-corrected chi connectivity index (χ2v) is 4.99. The van der Waals surface area contributed by atoms with Gasteiger partial charge in [0, 0.05) is 12.6 Å². The molecule has 0 amide bonds. The molecular formula is C12H19ClN4. The Bertz CT molecular complexity index is 383. The van der Waals surface area contributed by atoms with Gasteiger partial charge in [0.15, 0.2) is 0 Å². The first-order chi connectivity index (χ1) is 8.20. The Balaban J connectivity index is 2.11. The number of anilines is 1. The molecule has 17 heavy (non-hydrogen) atoms.